The normalized spacial score (nSPS) is 9.94. The van der Waals surface area contributed by atoms with Crippen LogP contribution in [0.4, 0.5) is 5.95 Å². The van der Waals surface area contributed by atoms with E-state index in [2.05, 4.69) is 27.4 Å². The third-order valence-corrected chi connectivity index (χ3v) is 2.22. The highest BCUT2D eigenvalue weighted by Gasteiger charge is 1.99. The van der Waals surface area contributed by atoms with Crippen molar-refractivity contribution in [2.24, 2.45) is 0 Å². The molecule has 0 saturated carbocycles. The van der Waals surface area contributed by atoms with Crippen molar-refractivity contribution in [3.8, 4) is 5.88 Å². The molecule has 0 aliphatic carbocycles. The van der Waals surface area contributed by atoms with E-state index < -0.39 is 0 Å². The number of nitrogens with zero attached hydrogens (tertiary/aromatic N) is 2. The van der Waals surface area contributed by atoms with Gasteiger partial charge in [0.15, 0.2) is 0 Å². The van der Waals surface area contributed by atoms with Gasteiger partial charge in [-0.1, -0.05) is 30.3 Å². The summed E-state index contributed by atoms with van der Waals surface area (Å²) in [5.41, 5.74) is 1.19. The fraction of sp³-hybridized carbons (Fsp3) is 0.231. The van der Waals surface area contributed by atoms with Crippen molar-refractivity contribution in [1.29, 1.82) is 0 Å². The number of hydrogen-bond acceptors (Lipinski definition) is 4. The summed E-state index contributed by atoms with van der Waals surface area (Å²) in [5, 5.41) is 3.16. The van der Waals surface area contributed by atoms with Gasteiger partial charge in [-0.05, 0) is 12.5 Å². The van der Waals surface area contributed by atoms with Gasteiger partial charge in [0.25, 0.3) is 0 Å². The van der Waals surface area contributed by atoms with Crippen molar-refractivity contribution in [2.75, 3.05) is 11.9 Å². The molecule has 0 bridgehead atoms. The fourth-order valence-electron chi connectivity index (χ4n) is 1.43. The van der Waals surface area contributed by atoms with Gasteiger partial charge < -0.3 is 10.1 Å². The van der Waals surface area contributed by atoms with Gasteiger partial charge in [0, 0.05) is 18.8 Å². The highest BCUT2D eigenvalue weighted by molar-refractivity contribution is 5.29. The number of nitrogens with one attached hydrogen (secondary N) is 1. The molecular weight excluding hydrogens is 214 g/mol. The van der Waals surface area contributed by atoms with Crippen LogP contribution in [0.15, 0.2) is 42.6 Å². The molecule has 1 aromatic carbocycles. The molecule has 17 heavy (non-hydrogen) atoms. The number of aromatic nitrogens is 2. The van der Waals surface area contributed by atoms with E-state index in [1.807, 2.05) is 25.1 Å². The standard InChI is InChI=1S/C13H15N3O/c1-2-17-12-8-9-14-13(16-12)15-10-11-6-4-3-5-7-11/h3-9H,2,10H2,1H3,(H,14,15,16). The molecule has 88 valence electrons. The second-order valence-corrected chi connectivity index (χ2v) is 3.49. The van der Waals surface area contributed by atoms with Gasteiger partial charge in [-0.25, -0.2) is 4.98 Å². The highest BCUT2D eigenvalue weighted by Crippen LogP contribution is 2.09. The van der Waals surface area contributed by atoms with E-state index >= 15 is 0 Å². The van der Waals surface area contributed by atoms with E-state index in [9.17, 15) is 0 Å². The maximum Gasteiger partial charge on any atom is 0.226 e. The van der Waals surface area contributed by atoms with Gasteiger partial charge in [-0.2, -0.15) is 4.98 Å². The van der Waals surface area contributed by atoms with E-state index in [0.29, 0.717) is 25.0 Å². The predicted octanol–water partition coefficient (Wildman–Crippen LogP) is 2.49. The molecule has 2 aromatic rings. The molecule has 2 rings (SSSR count). The van der Waals surface area contributed by atoms with Crippen LogP contribution in [0.1, 0.15) is 12.5 Å². The minimum atomic E-state index is 0.583. The van der Waals surface area contributed by atoms with Crippen molar-refractivity contribution in [1.82, 2.24) is 9.97 Å². The van der Waals surface area contributed by atoms with Gasteiger partial charge in [-0.15, -0.1) is 0 Å². The molecule has 0 spiro atoms. The Labute approximate surface area is 101 Å². The maximum absolute atomic E-state index is 5.31. The summed E-state index contributed by atoms with van der Waals surface area (Å²) < 4.78 is 5.31. The lowest BCUT2D eigenvalue weighted by Gasteiger charge is -2.06. The summed E-state index contributed by atoms with van der Waals surface area (Å²) in [5.74, 6) is 1.18. The van der Waals surface area contributed by atoms with Gasteiger partial charge in [-0.3, -0.25) is 0 Å². The van der Waals surface area contributed by atoms with Crippen molar-refractivity contribution in [2.45, 2.75) is 13.5 Å². The molecule has 0 amide bonds. The first kappa shape index (κ1) is 11.4. The zero-order valence-electron chi connectivity index (χ0n) is 9.76. The zero-order chi connectivity index (χ0) is 11.9. The van der Waals surface area contributed by atoms with Crippen LogP contribution in [0, 0.1) is 0 Å². The third-order valence-electron chi connectivity index (χ3n) is 2.22. The van der Waals surface area contributed by atoms with Crippen LogP contribution in [-0.4, -0.2) is 16.6 Å². The Morgan fingerprint density at radius 3 is 2.76 bits per heavy atom. The lowest BCUT2D eigenvalue weighted by molar-refractivity contribution is 0.326. The molecule has 0 aliphatic heterocycles. The molecule has 0 radical (unpaired) electrons. The Morgan fingerprint density at radius 2 is 2.00 bits per heavy atom. The molecule has 0 atom stereocenters. The minimum Gasteiger partial charge on any atom is -0.478 e. The van der Waals surface area contributed by atoms with Crippen molar-refractivity contribution < 1.29 is 4.74 Å². The molecular formula is C13H15N3O. The monoisotopic (exact) mass is 229 g/mol. The summed E-state index contributed by atoms with van der Waals surface area (Å²) in [6.07, 6.45) is 1.69. The molecule has 4 nitrogen and oxygen atoms in total. The number of ether oxygens (including phenoxy) is 1. The van der Waals surface area contributed by atoms with Crippen molar-refractivity contribution in [3.05, 3.63) is 48.2 Å². The second-order valence-electron chi connectivity index (χ2n) is 3.49. The predicted molar refractivity (Wildman–Crippen MR) is 67.0 cm³/mol. The first-order valence-corrected chi connectivity index (χ1v) is 5.62. The van der Waals surface area contributed by atoms with E-state index in [0.717, 1.165) is 0 Å². The van der Waals surface area contributed by atoms with Gasteiger partial charge in [0.2, 0.25) is 11.8 Å². The van der Waals surface area contributed by atoms with Gasteiger partial charge in [0.05, 0.1) is 6.61 Å². The molecule has 1 N–H and O–H groups in total. The van der Waals surface area contributed by atoms with Crippen LogP contribution >= 0.6 is 0 Å². The Balaban J connectivity index is 1.97. The van der Waals surface area contributed by atoms with Crippen LogP contribution in [-0.2, 0) is 6.54 Å². The lowest BCUT2D eigenvalue weighted by atomic mass is 10.2. The Hall–Kier alpha value is -2.10. The van der Waals surface area contributed by atoms with Gasteiger partial charge in [0.1, 0.15) is 0 Å². The van der Waals surface area contributed by atoms with Gasteiger partial charge >= 0.3 is 0 Å². The van der Waals surface area contributed by atoms with Crippen LogP contribution in [0.5, 0.6) is 5.88 Å². The lowest BCUT2D eigenvalue weighted by Crippen LogP contribution is -2.04. The number of hydrogen-bond donors (Lipinski definition) is 1. The first-order valence-electron chi connectivity index (χ1n) is 5.62. The largest absolute Gasteiger partial charge is 0.478 e. The van der Waals surface area contributed by atoms with Crippen molar-refractivity contribution >= 4 is 5.95 Å². The first-order chi connectivity index (χ1) is 8.38. The average molecular weight is 229 g/mol. The SMILES string of the molecule is CCOc1ccnc(NCc2ccccc2)n1. The van der Waals surface area contributed by atoms with E-state index in [4.69, 9.17) is 4.74 Å². The molecule has 0 unspecified atom stereocenters. The van der Waals surface area contributed by atoms with E-state index in [1.165, 1.54) is 5.56 Å². The Bertz CT molecular complexity index is 459. The Kier molecular flexibility index (Phi) is 3.91. The summed E-state index contributed by atoms with van der Waals surface area (Å²) in [6.45, 7) is 3.24. The molecule has 0 fully saturated rings. The second kappa shape index (κ2) is 5.84. The maximum atomic E-state index is 5.31. The molecule has 0 saturated heterocycles. The quantitative estimate of drug-likeness (QED) is 0.855. The smallest absolute Gasteiger partial charge is 0.226 e. The molecule has 0 aliphatic rings. The van der Waals surface area contributed by atoms with Crippen LogP contribution in [0.25, 0.3) is 0 Å². The van der Waals surface area contributed by atoms with E-state index in [1.54, 1.807) is 12.3 Å². The van der Waals surface area contributed by atoms with Crippen LogP contribution < -0.4 is 10.1 Å². The summed E-state index contributed by atoms with van der Waals surface area (Å²) >= 11 is 0. The molecule has 1 heterocycles. The van der Waals surface area contributed by atoms with Crippen LogP contribution in [0.2, 0.25) is 0 Å². The summed E-state index contributed by atoms with van der Waals surface area (Å²) in [4.78, 5) is 8.37. The summed E-state index contributed by atoms with van der Waals surface area (Å²) in [7, 11) is 0. The summed E-state index contributed by atoms with van der Waals surface area (Å²) in [6, 6.07) is 11.9. The number of benzene rings is 1. The highest BCUT2D eigenvalue weighted by atomic mass is 16.5. The topological polar surface area (TPSA) is 47.0 Å². The average Bonchev–Trinajstić information content (AvgIpc) is 2.39. The van der Waals surface area contributed by atoms with Crippen LogP contribution in [0.3, 0.4) is 0 Å². The van der Waals surface area contributed by atoms with Crippen molar-refractivity contribution in [3.63, 3.8) is 0 Å². The van der Waals surface area contributed by atoms with E-state index in [-0.39, 0.29) is 0 Å². The minimum absolute atomic E-state index is 0.583. The fourth-order valence-corrected chi connectivity index (χ4v) is 1.43. The molecule has 1 aromatic heterocycles. The number of rotatable bonds is 5. The Morgan fingerprint density at radius 1 is 1.18 bits per heavy atom. The zero-order valence-corrected chi connectivity index (χ0v) is 9.76. The molecule has 4 heteroatoms. The third kappa shape index (κ3) is 3.45. The number of anilines is 1.